The van der Waals surface area contributed by atoms with Gasteiger partial charge in [0.1, 0.15) is 0 Å². The molecule has 0 bridgehead atoms. The van der Waals surface area contributed by atoms with Crippen LogP contribution in [-0.4, -0.2) is 3.71 Å². The van der Waals surface area contributed by atoms with Gasteiger partial charge in [0.05, 0.1) is 0 Å². The van der Waals surface area contributed by atoms with Gasteiger partial charge >= 0.3 is 46.5 Å². The van der Waals surface area contributed by atoms with E-state index in [4.69, 9.17) is 17.0 Å². The molecule has 37 heavy (non-hydrogen) atoms. The molecule has 4 aromatic rings. The molecule has 0 atom stereocenters. The predicted octanol–water partition coefficient (Wildman–Crippen LogP) is 11.2. The minimum atomic E-state index is -1.76. The van der Waals surface area contributed by atoms with Crippen molar-refractivity contribution in [2.75, 3.05) is 0 Å². The van der Waals surface area contributed by atoms with E-state index in [1.165, 1.54) is 99.4 Å². The van der Waals surface area contributed by atoms with Crippen LogP contribution in [0, 0.1) is 96.9 Å². The third-order valence-corrected chi connectivity index (χ3v) is 13.0. The number of hydrogen-bond acceptors (Lipinski definition) is 0. The fourth-order valence-corrected chi connectivity index (χ4v) is 5.81. The summed E-state index contributed by atoms with van der Waals surface area (Å²) in [5.74, 6) is 0. The van der Waals surface area contributed by atoms with E-state index in [2.05, 4.69) is 96.9 Å². The molecule has 0 aromatic heterocycles. The number of rotatable bonds is 0. The summed E-state index contributed by atoms with van der Waals surface area (Å²) in [7, 11) is 10.7. The van der Waals surface area contributed by atoms with Gasteiger partial charge in [-0.25, -0.2) is 0 Å². The van der Waals surface area contributed by atoms with Gasteiger partial charge < -0.3 is 0 Å². The zero-order valence-corrected chi connectivity index (χ0v) is 29.8. The van der Waals surface area contributed by atoms with Crippen LogP contribution in [0.3, 0.4) is 0 Å². The molecule has 3 heteroatoms. The van der Waals surface area contributed by atoms with E-state index in [0.29, 0.717) is 0 Å². The maximum Gasteiger partial charge on any atom is -0.0408 e. The van der Waals surface area contributed by atoms with Crippen LogP contribution in [0.1, 0.15) is 84.8 Å². The van der Waals surface area contributed by atoms with E-state index in [1.807, 2.05) is 10.6 Å². The minimum absolute atomic E-state index is 1.46. The Morgan fingerprint density at radius 3 is 0.946 bits per heavy atom. The summed E-state index contributed by atoms with van der Waals surface area (Å²) in [6.07, 6.45) is 0. The topological polar surface area (TPSA) is 0 Å². The molecule has 0 amide bonds. The second kappa shape index (κ2) is 12.4. The van der Waals surface area contributed by atoms with Gasteiger partial charge in [0.15, 0.2) is 0 Å². The van der Waals surface area contributed by atoms with Crippen LogP contribution in [0.5, 0.6) is 0 Å². The van der Waals surface area contributed by atoms with Crippen molar-refractivity contribution in [3.8, 4) is 0 Å². The van der Waals surface area contributed by atoms with Crippen LogP contribution in [0.15, 0.2) is 0 Å². The van der Waals surface area contributed by atoms with E-state index in [0.717, 1.165) is 0 Å². The number of benzene rings is 2. The van der Waals surface area contributed by atoms with Crippen LogP contribution in [0.25, 0.3) is 21.5 Å². The molecular formula is C34H46Cl2Zr-2. The first-order chi connectivity index (χ1) is 17.0. The predicted molar refractivity (Wildman–Crippen MR) is 169 cm³/mol. The molecule has 0 radical (unpaired) electrons. The summed E-state index contributed by atoms with van der Waals surface area (Å²) in [6.45, 7) is 33.4. The van der Waals surface area contributed by atoms with E-state index < -0.39 is 18.9 Å². The molecular weight excluding hydrogens is 571 g/mol. The fourth-order valence-electron chi connectivity index (χ4n) is 5.81. The van der Waals surface area contributed by atoms with Crippen molar-refractivity contribution in [2.24, 2.45) is 0 Å². The third kappa shape index (κ3) is 5.81. The average molecular weight is 617 g/mol. The van der Waals surface area contributed by atoms with Crippen LogP contribution in [-0.2, 0) is 18.9 Å². The molecule has 0 heterocycles. The summed E-state index contributed by atoms with van der Waals surface area (Å²) in [5, 5.41) is 5.98. The first-order valence-electron chi connectivity index (χ1n) is 13.2. The largest absolute Gasteiger partial charge is 0.153 e. The van der Waals surface area contributed by atoms with Crippen LogP contribution >= 0.6 is 17.0 Å². The van der Waals surface area contributed by atoms with Crippen LogP contribution in [0.2, 0.25) is 0 Å². The standard InChI is InChI=1S/2C16H21.C2H4.2ClH.Zr/c2*1-8-9(2)12(5)16-14(7)10(3)13(6)15(16)11(8)4;1-2;;;/h2*1-7H3;1H,2H3;2*1H;/q2*-1;;;;+2/p-2. The van der Waals surface area contributed by atoms with E-state index in [1.54, 1.807) is 0 Å². The van der Waals surface area contributed by atoms with Crippen molar-refractivity contribution in [3.63, 3.8) is 0 Å². The number of aryl methyl sites for hydroxylation is 8. The van der Waals surface area contributed by atoms with Gasteiger partial charge in [-0.05, 0) is 41.5 Å². The van der Waals surface area contributed by atoms with E-state index >= 15 is 0 Å². The van der Waals surface area contributed by atoms with Gasteiger partial charge in [0.2, 0.25) is 0 Å². The number of fused-ring (bicyclic) bond motifs is 2. The van der Waals surface area contributed by atoms with Gasteiger partial charge in [-0.15, -0.1) is 54.9 Å². The van der Waals surface area contributed by atoms with Gasteiger partial charge in [-0.2, -0.15) is 11.1 Å². The molecule has 0 saturated carbocycles. The molecule has 0 spiro atoms. The van der Waals surface area contributed by atoms with Gasteiger partial charge in [-0.3, -0.25) is 0 Å². The molecule has 202 valence electrons. The molecule has 4 aromatic carbocycles. The molecule has 0 nitrogen and oxygen atoms in total. The normalized spacial score (nSPS) is 10.8. The van der Waals surface area contributed by atoms with E-state index in [-0.39, 0.29) is 0 Å². The zero-order chi connectivity index (χ0) is 28.7. The molecule has 0 unspecified atom stereocenters. The Kier molecular flexibility index (Phi) is 10.8. The summed E-state index contributed by atoms with van der Waals surface area (Å²) in [6, 6.07) is 0. The first-order valence-corrected chi connectivity index (χ1v) is 21.0. The van der Waals surface area contributed by atoms with Crippen LogP contribution in [0.4, 0.5) is 0 Å². The fraction of sp³-hybridized carbons (Fsp3) is 0.441. The van der Waals surface area contributed by atoms with Gasteiger partial charge in [0.25, 0.3) is 0 Å². The molecule has 4 rings (SSSR count). The monoisotopic (exact) mass is 614 g/mol. The molecule has 0 saturated heterocycles. The van der Waals surface area contributed by atoms with Gasteiger partial charge in [-0.1, -0.05) is 88.8 Å². The Balaban J connectivity index is 0.000000221. The van der Waals surface area contributed by atoms with Crippen molar-refractivity contribution in [3.05, 3.63) is 77.9 Å². The quantitative estimate of drug-likeness (QED) is 0.172. The molecule has 0 aliphatic rings. The first kappa shape index (κ1) is 32.2. The summed E-state index contributed by atoms with van der Waals surface area (Å²) in [5.41, 5.74) is 20.5. The van der Waals surface area contributed by atoms with Crippen molar-refractivity contribution in [1.29, 1.82) is 0 Å². The van der Waals surface area contributed by atoms with Gasteiger partial charge in [0, 0.05) is 0 Å². The maximum absolute atomic E-state index is 5.37. The van der Waals surface area contributed by atoms with Crippen LogP contribution < -0.4 is 0 Å². The second-order valence-electron chi connectivity index (χ2n) is 10.8. The Bertz CT molecular complexity index is 1310. The molecule has 0 fully saturated rings. The number of halogens is 2. The number of hydrogen-bond donors (Lipinski definition) is 0. The Morgan fingerprint density at radius 2 is 0.703 bits per heavy atom. The summed E-state index contributed by atoms with van der Waals surface area (Å²) < 4.78 is 1.89. The summed E-state index contributed by atoms with van der Waals surface area (Å²) in [4.78, 5) is 0. The Morgan fingerprint density at radius 1 is 0.459 bits per heavy atom. The smallest absolute Gasteiger partial charge is 0.0408 e. The van der Waals surface area contributed by atoms with E-state index in [9.17, 15) is 0 Å². The minimum Gasteiger partial charge on any atom is -0.153 e. The van der Waals surface area contributed by atoms with Crippen molar-refractivity contribution >= 4 is 42.3 Å². The SMILES string of the molecule is C[CH]=[Zr]([Cl])[Cl].Cc1c(C)c(C)c2c(c1C)c(C)c(C)[c-]2C.Cc1c(C)c(C)c2c(c1C)c(C)c(C)[c-]2C. The summed E-state index contributed by atoms with van der Waals surface area (Å²) >= 11 is -1.76. The van der Waals surface area contributed by atoms with Crippen molar-refractivity contribution < 1.29 is 18.9 Å². The third-order valence-electron chi connectivity index (χ3n) is 9.34. The molecule has 0 aliphatic carbocycles. The second-order valence-corrected chi connectivity index (χ2v) is 19.6. The zero-order valence-electron chi connectivity index (χ0n) is 25.8. The Labute approximate surface area is 241 Å². The average Bonchev–Trinajstić information content (AvgIpc) is 3.23. The molecule has 0 aliphatic heterocycles. The van der Waals surface area contributed by atoms with Crippen molar-refractivity contribution in [2.45, 2.75) is 104 Å². The Hall–Kier alpha value is -1.01. The molecule has 0 N–H and O–H groups in total. The van der Waals surface area contributed by atoms with Crippen molar-refractivity contribution in [1.82, 2.24) is 0 Å². The maximum atomic E-state index is 5.37.